The van der Waals surface area contributed by atoms with Gasteiger partial charge in [-0.15, -0.1) is 0 Å². The van der Waals surface area contributed by atoms with E-state index in [0.29, 0.717) is 6.54 Å². The summed E-state index contributed by atoms with van der Waals surface area (Å²) in [5.41, 5.74) is 0.938. The predicted molar refractivity (Wildman–Crippen MR) is 85.7 cm³/mol. The van der Waals surface area contributed by atoms with Gasteiger partial charge in [-0.1, -0.05) is 44.2 Å². The smallest absolute Gasteiger partial charge is 0.325 e. The van der Waals surface area contributed by atoms with Gasteiger partial charge in [0.1, 0.15) is 12.1 Å². The van der Waals surface area contributed by atoms with E-state index < -0.39 is 30.0 Å². The summed E-state index contributed by atoms with van der Waals surface area (Å²) >= 11 is 0. The molecule has 7 heteroatoms. The van der Waals surface area contributed by atoms with Gasteiger partial charge in [-0.05, 0) is 18.4 Å². The first-order chi connectivity index (χ1) is 10.8. The number of carbonyl (C=O) groups excluding carboxylic acids is 2. The van der Waals surface area contributed by atoms with Crippen LogP contribution in [0, 0.1) is 5.92 Å². The molecule has 0 fully saturated rings. The Kier molecular flexibility index (Phi) is 7.05. The first-order valence-corrected chi connectivity index (χ1v) is 7.42. The van der Waals surface area contributed by atoms with Crippen LogP contribution in [0.2, 0.25) is 0 Å². The largest absolute Gasteiger partial charge is 0.480 e. The molecule has 1 aromatic rings. The molecule has 0 saturated carbocycles. The molecule has 3 amide bonds. The second kappa shape index (κ2) is 8.77. The Morgan fingerprint density at radius 1 is 1.04 bits per heavy atom. The zero-order chi connectivity index (χ0) is 17.4. The molecule has 1 aromatic carbocycles. The van der Waals surface area contributed by atoms with E-state index in [1.54, 1.807) is 13.8 Å². The van der Waals surface area contributed by atoms with E-state index in [0.717, 1.165) is 5.56 Å². The molecule has 126 valence electrons. The van der Waals surface area contributed by atoms with Crippen LogP contribution < -0.4 is 16.0 Å². The molecule has 2 unspecified atom stereocenters. The van der Waals surface area contributed by atoms with Crippen LogP contribution in [-0.2, 0) is 16.1 Å². The van der Waals surface area contributed by atoms with Crippen LogP contribution in [0.5, 0.6) is 0 Å². The highest BCUT2D eigenvalue weighted by Gasteiger charge is 2.26. The zero-order valence-electron chi connectivity index (χ0n) is 13.5. The molecule has 0 heterocycles. The molecule has 4 N–H and O–H groups in total. The van der Waals surface area contributed by atoms with E-state index >= 15 is 0 Å². The molecule has 7 nitrogen and oxygen atoms in total. The van der Waals surface area contributed by atoms with Crippen molar-refractivity contribution >= 4 is 17.9 Å². The predicted octanol–water partition coefficient (Wildman–Crippen LogP) is 1.10. The Bertz CT molecular complexity index is 546. The molecule has 0 aliphatic carbocycles. The van der Waals surface area contributed by atoms with Crippen molar-refractivity contribution in [1.29, 1.82) is 0 Å². The number of urea groups is 1. The number of nitrogens with one attached hydrogen (secondary N) is 3. The summed E-state index contributed by atoms with van der Waals surface area (Å²) in [6.07, 6.45) is 0. The zero-order valence-corrected chi connectivity index (χ0v) is 13.5. The highest BCUT2D eigenvalue weighted by Crippen LogP contribution is 2.03. The number of carboxylic acids is 1. The van der Waals surface area contributed by atoms with Crippen LogP contribution in [0.4, 0.5) is 4.79 Å². The number of benzene rings is 1. The van der Waals surface area contributed by atoms with Crippen LogP contribution in [-0.4, -0.2) is 35.1 Å². The lowest BCUT2D eigenvalue weighted by Gasteiger charge is -2.23. The Hall–Kier alpha value is -2.57. The molecular weight excluding hydrogens is 298 g/mol. The van der Waals surface area contributed by atoms with Crippen LogP contribution >= 0.6 is 0 Å². The highest BCUT2D eigenvalue weighted by molar-refractivity contribution is 5.90. The van der Waals surface area contributed by atoms with E-state index in [9.17, 15) is 14.4 Å². The van der Waals surface area contributed by atoms with Gasteiger partial charge in [0.25, 0.3) is 0 Å². The maximum absolute atomic E-state index is 12.1. The van der Waals surface area contributed by atoms with E-state index in [2.05, 4.69) is 16.0 Å². The summed E-state index contributed by atoms with van der Waals surface area (Å²) in [5.74, 6) is -1.84. The van der Waals surface area contributed by atoms with Crippen LogP contribution in [0.25, 0.3) is 0 Å². The molecule has 0 aromatic heterocycles. The van der Waals surface area contributed by atoms with E-state index in [4.69, 9.17) is 5.11 Å². The fraction of sp³-hybridized carbons (Fsp3) is 0.438. The van der Waals surface area contributed by atoms with Crippen molar-refractivity contribution < 1.29 is 19.5 Å². The van der Waals surface area contributed by atoms with Crippen molar-refractivity contribution in [2.45, 2.75) is 39.4 Å². The molecule has 23 heavy (non-hydrogen) atoms. The third-order valence-electron chi connectivity index (χ3n) is 3.26. The first kappa shape index (κ1) is 18.5. The maximum Gasteiger partial charge on any atom is 0.325 e. The average molecular weight is 321 g/mol. The number of hydrogen-bond donors (Lipinski definition) is 4. The number of carboxylic acid groups (broad SMARTS) is 1. The van der Waals surface area contributed by atoms with Crippen LogP contribution in [0.1, 0.15) is 26.3 Å². The minimum atomic E-state index is -1.13. The van der Waals surface area contributed by atoms with Crippen LogP contribution in [0.15, 0.2) is 30.3 Å². The monoisotopic (exact) mass is 321 g/mol. The Morgan fingerprint density at radius 3 is 2.17 bits per heavy atom. The van der Waals surface area contributed by atoms with Gasteiger partial charge < -0.3 is 21.1 Å². The fourth-order valence-electron chi connectivity index (χ4n) is 1.87. The SMILES string of the molecule is CC(NC(=O)C(NC(=O)NCc1ccccc1)C(C)C)C(=O)O. The van der Waals surface area contributed by atoms with Gasteiger partial charge in [-0.3, -0.25) is 9.59 Å². The van der Waals surface area contributed by atoms with Gasteiger partial charge >= 0.3 is 12.0 Å². The second-order valence-electron chi connectivity index (χ2n) is 5.60. The van der Waals surface area contributed by atoms with Crippen molar-refractivity contribution in [2.75, 3.05) is 0 Å². The Balaban J connectivity index is 2.56. The fourth-order valence-corrected chi connectivity index (χ4v) is 1.87. The molecule has 0 radical (unpaired) electrons. The van der Waals surface area contributed by atoms with E-state index in [-0.39, 0.29) is 5.92 Å². The average Bonchev–Trinajstić information content (AvgIpc) is 2.51. The highest BCUT2D eigenvalue weighted by atomic mass is 16.4. The third-order valence-corrected chi connectivity index (χ3v) is 3.26. The van der Waals surface area contributed by atoms with Gasteiger partial charge in [0, 0.05) is 6.54 Å². The summed E-state index contributed by atoms with van der Waals surface area (Å²) in [6, 6.07) is 7.06. The minimum Gasteiger partial charge on any atom is -0.480 e. The lowest BCUT2D eigenvalue weighted by atomic mass is 10.0. The van der Waals surface area contributed by atoms with Crippen molar-refractivity contribution in [3.05, 3.63) is 35.9 Å². The van der Waals surface area contributed by atoms with Gasteiger partial charge in [-0.25, -0.2) is 4.79 Å². The van der Waals surface area contributed by atoms with E-state index in [1.807, 2.05) is 30.3 Å². The standard InChI is InChI=1S/C16H23N3O4/c1-10(2)13(14(20)18-11(3)15(21)22)19-16(23)17-9-12-7-5-4-6-8-12/h4-8,10-11,13H,9H2,1-3H3,(H,18,20)(H,21,22)(H2,17,19,23). The lowest BCUT2D eigenvalue weighted by molar-refractivity contribution is -0.141. The minimum absolute atomic E-state index is 0.182. The molecule has 0 spiro atoms. The van der Waals surface area contributed by atoms with Gasteiger partial charge in [0.15, 0.2) is 0 Å². The number of carbonyl (C=O) groups is 3. The molecule has 0 aliphatic rings. The van der Waals surface area contributed by atoms with E-state index in [1.165, 1.54) is 6.92 Å². The topological polar surface area (TPSA) is 108 Å². The third kappa shape index (κ3) is 6.37. The summed E-state index contributed by atoms with van der Waals surface area (Å²) in [4.78, 5) is 34.8. The van der Waals surface area contributed by atoms with Gasteiger partial charge in [-0.2, -0.15) is 0 Å². The normalized spacial score (nSPS) is 13.0. The van der Waals surface area contributed by atoms with Gasteiger partial charge in [0.05, 0.1) is 0 Å². The molecular formula is C16H23N3O4. The molecule has 0 aliphatic heterocycles. The Morgan fingerprint density at radius 2 is 1.65 bits per heavy atom. The maximum atomic E-state index is 12.1. The molecule has 0 bridgehead atoms. The number of aliphatic carboxylic acids is 1. The molecule has 2 atom stereocenters. The quantitative estimate of drug-likeness (QED) is 0.603. The summed E-state index contributed by atoms with van der Waals surface area (Å²) in [5, 5.41) is 16.4. The van der Waals surface area contributed by atoms with Crippen molar-refractivity contribution in [3.63, 3.8) is 0 Å². The number of rotatable bonds is 7. The number of hydrogen-bond acceptors (Lipinski definition) is 3. The summed E-state index contributed by atoms with van der Waals surface area (Å²) in [6.45, 7) is 5.25. The number of amides is 3. The summed E-state index contributed by atoms with van der Waals surface area (Å²) in [7, 11) is 0. The summed E-state index contributed by atoms with van der Waals surface area (Å²) < 4.78 is 0. The molecule has 1 rings (SSSR count). The molecule has 0 saturated heterocycles. The Labute approximate surface area is 135 Å². The second-order valence-corrected chi connectivity index (χ2v) is 5.60. The van der Waals surface area contributed by atoms with Crippen LogP contribution in [0.3, 0.4) is 0 Å². The van der Waals surface area contributed by atoms with Crippen molar-refractivity contribution in [2.24, 2.45) is 5.92 Å². The van der Waals surface area contributed by atoms with Gasteiger partial charge in [0.2, 0.25) is 5.91 Å². The first-order valence-electron chi connectivity index (χ1n) is 7.42. The van der Waals surface area contributed by atoms with Crippen molar-refractivity contribution in [1.82, 2.24) is 16.0 Å². The lowest BCUT2D eigenvalue weighted by Crippen LogP contribution is -2.54. The van der Waals surface area contributed by atoms with Crippen molar-refractivity contribution in [3.8, 4) is 0 Å².